The minimum Gasteiger partial charge on any atom is -0.334 e. The van der Waals surface area contributed by atoms with Crippen LogP contribution in [0.5, 0.6) is 0 Å². The largest absolute Gasteiger partial charge is 0.334 e. The highest BCUT2D eigenvalue weighted by molar-refractivity contribution is 9.11. The van der Waals surface area contributed by atoms with E-state index in [1.165, 1.54) is 8.66 Å². The molecule has 2 aromatic rings. The average molecular weight is 395 g/mol. The molecule has 7 heteroatoms. The Kier molecular flexibility index (Phi) is 5.64. The van der Waals surface area contributed by atoms with E-state index >= 15 is 0 Å². The van der Waals surface area contributed by atoms with Crippen LogP contribution >= 0.6 is 27.3 Å². The maximum atomic E-state index is 12.2. The summed E-state index contributed by atoms with van der Waals surface area (Å²) >= 11 is 5.27. The Morgan fingerprint density at radius 1 is 1.26 bits per heavy atom. The van der Waals surface area contributed by atoms with Gasteiger partial charge >= 0.3 is 6.03 Å². The number of nitrogens with one attached hydrogen (secondary N) is 1. The molecule has 3 rings (SSSR count). The molecule has 0 radical (unpaired) electrons. The van der Waals surface area contributed by atoms with E-state index in [1.807, 2.05) is 17.0 Å². The molecule has 0 unspecified atom stereocenters. The Balaban J connectivity index is 1.42. The maximum absolute atomic E-state index is 12.2. The molecular formula is C16H19BrN4OS. The number of carbonyl (C=O) groups is 1. The van der Waals surface area contributed by atoms with Crippen molar-refractivity contribution in [3.8, 4) is 0 Å². The lowest BCUT2D eigenvalue weighted by atomic mass is 10.3. The van der Waals surface area contributed by atoms with E-state index in [2.05, 4.69) is 43.3 Å². The molecule has 1 saturated heterocycles. The second-order valence-electron chi connectivity index (χ2n) is 5.49. The van der Waals surface area contributed by atoms with Crippen molar-refractivity contribution in [3.05, 3.63) is 50.9 Å². The zero-order valence-electron chi connectivity index (χ0n) is 12.7. The fourth-order valence-electron chi connectivity index (χ4n) is 2.56. The number of halogens is 1. The topological polar surface area (TPSA) is 48.5 Å². The van der Waals surface area contributed by atoms with E-state index in [-0.39, 0.29) is 6.03 Å². The number of pyridine rings is 1. The van der Waals surface area contributed by atoms with Crippen molar-refractivity contribution in [1.82, 2.24) is 20.1 Å². The third kappa shape index (κ3) is 4.76. The summed E-state index contributed by atoms with van der Waals surface area (Å²) in [5.41, 5.74) is 1.02. The highest BCUT2D eigenvalue weighted by atomic mass is 79.9. The molecule has 23 heavy (non-hydrogen) atoms. The first-order chi connectivity index (χ1) is 11.2. The predicted molar refractivity (Wildman–Crippen MR) is 95.3 cm³/mol. The second kappa shape index (κ2) is 7.90. The molecule has 122 valence electrons. The van der Waals surface area contributed by atoms with Crippen molar-refractivity contribution in [2.45, 2.75) is 13.1 Å². The summed E-state index contributed by atoms with van der Waals surface area (Å²) in [5, 5.41) is 2.96. The summed E-state index contributed by atoms with van der Waals surface area (Å²) in [4.78, 5) is 21.9. The molecule has 0 saturated carbocycles. The summed E-state index contributed by atoms with van der Waals surface area (Å²) in [7, 11) is 0. The molecule has 1 aliphatic rings. The molecule has 0 bridgehead atoms. The van der Waals surface area contributed by atoms with Crippen LogP contribution in [0.15, 0.2) is 40.4 Å². The van der Waals surface area contributed by atoms with Gasteiger partial charge in [-0.25, -0.2) is 4.79 Å². The molecule has 2 aromatic heterocycles. The van der Waals surface area contributed by atoms with E-state index < -0.39 is 0 Å². The van der Waals surface area contributed by atoms with Crippen LogP contribution in [0.25, 0.3) is 0 Å². The molecule has 0 spiro atoms. The van der Waals surface area contributed by atoms with Gasteiger partial charge in [-0.2, -0.15) is 0 Å². The molecule has 5 nitrogen and oxygen atoms in total. The van der Waals surface area contributed by atoms with Crippen LogP contribution in [0.4, 0.5) is 4.79 Å². The SMILES string of the molecule is O=C(NCc1cccnc1)N1CCN(Cc2ccc(Br)s2)CC1. The van der Waals surface area contributed by atoms with Gasteiger partial charge in [-0.15, -0.1) is 11.3 Å². The average Bonchev–Trinajstić information content (AvgIpc) is 2.99. The van der Waals surface area contributed by atoms with Crippen LogP contribution in [-0.4, -0.2) is 47.0 Å². The summed E-state index contributed by atoms with van der Waals surface area (Å²) < 4.78 is 1.17. The number of rotatable bonds is 4. The Morgan fingerprint density at radius 3 is 2.74 bits per heavy atom. The van der Waals surface area contributed by atoms with Gasteiger partial charge in [0.2, 0.25) is 0 Å². The lowest BCUT2D eigenvalue weighted by Gasteiger charge is -2.34. The van der Waals surface area contributed by atoms with Gasteiger partial charge in [0.1, 0.15) is 0 Å². The summed E-state index contributed by atoms with van der Waals surface area (Å²) in [6.45, 7) is 4.85. The monoisotopic (exact) mass is 394 g/mol. The van der Waals surface area contributed by atoms with Gasteiger partial charge in [-0.1, -0.05) is 6.07 Å². The first-order valence-corrected chi connectivity index (χ1v) is 9.20. The molecular weight excluding hydrogens is 376 g/mol. The van der Waals surface area contributed by atoms with Gasteiger partial charge in [0.25, 0.3) is 0 Å². The van der Waals surface area contributed by atoms with Gasteiger partial charge in [-0.05, 0) is 39.7 Å². The van der Waals surface area contributed by atoms with Crippen molar-refractivity contribution in [2.75, 3.05) is 26.2 Å². The predicted octanol–water partition coefficient (Wildman–Crippen LogP) is 2.93. The van der Waals surface area contributed by atoms with Gasteiger partial charge < -0.3 is 10.2 Å². The van der Waals surface area contributed by atoms with Gasteiger partial charge in [-0.3, -0.25) is 9.88 Å². The van der Waals surface area contributed by atoms with Crippen LogP contribution in [0.2, 0.25) is 0 Å². The number of aromatic nitrogens is 1. The fourth-order valence-corrected chi connectivity index (χ4v) is 4.08. The highest BCUT2D eigenvalue weighted by Gasteiger charge is 2.21. The number of carbonyl (C=O) groups excluding carboxylic acids is 1. The van der Waals surface area contributed by atoms with Crippen molar-refractivity contribution in [2.24, 2.45) is 0 Å². The molecule has 0 aliphatic carbocycles. The van der Waals surface area contributed by atoms with E-state index in [4.69, 9.17) is 0 Å². The Morgan fingerprint density at radius 2 is 2.09 bits per heavy atom. The lowest BCUT2D eigenvalue weighted by molar-refractivity contribution is 0.135. The number of hydrogen-bond acceptors (Lipinski definition) is 4. The highest BCUT2D eigenvalue weighted by Crippen LogP contribution is 2.23. The quantitative estimate of drug-likeness (QED) is 0.866. The minimum absolute atomic E-state index is 0.00683. The molecule has 1 aliphatic heterocycles. The number of thiophene rings is 1. The van der Waals surface area contributed by atoms with Crippen LogP contribution in [0, 0.1) is 0 Å². The minimum atomic E-state index is 0.00683. The molecule has 2 amide bonds. The number of piperazine rings is 1. The zero-order chi connectivity index (χ0) is 16.1. The summed E-state index contributed by atoms with van der Waals surface area (Å²) in [6, 6.07) is 8.09. The van der Waals surface area contributed by atoms with E-state index in [1.54, 1.807) is 23.7 Å². The van der Waals surface area contributed by atoms with Gasteiger partial charge in [0.15, 0.2) is 0 Å². The van der Waals surface area contributed by atoms with Crippen molar-refractivity contribution in [1.29, 1.82) is 0 Å². The smallest absolute Gasteiger partial charge is 0.317 e. The first kappa shape index (κ1) is 16.4. The molecule has 1 fully saturated rings. The summed E-state index contributed by atoms with van der Waals surface area (Å²) in [6.07, 6.45) is 3.51. The van der Waals surface area contributed by atoms with Crippen LogP contribution in [0.3, 0.4) is 0 Å². The summed E-state index contributed by atoms with van der Waals surface area (Å²) in [5.74, 6) is 0. The van der Waals surface area contributed by atoms with Gasteiger partial charge in [0, 0.05) is 56.5 Å². The second-order valence-corrected chi connectivity index (χ2v) is 8.04. The molecule has 0 aromatic carbocycles. The van der Waals surface area contributed by atoms with Crippen LogP contribution < -0.4 is 5.32 Å². The van der Waals surface area contributed by atoms with E-state index in [9.17, 15) is 4.79 Å². The van der Waals surface area contributed by atoms with E-state index in [0.717, 1.165) is 38.3 Å². The van der Waals surface area contributed by atoms with Crippen LogP contribution in [0.1, 0.15) is 10.4 Å². The van der Waals surface area contributed by atoms with Gasteiger partial charge in [0.05, 0.1) is 3.79 Å². The fraction of sp³-hybridized carbons (Fsp3) is 0.375. The first-order valence-electron chi connectivity index (χ1n) is 7.59. The number of amides is 2. The maximum Gasteiger partial charge on any atom is 0.317 e. The van der Waals surface area contributed by atoms with E-state index in [0.29, 0.717) is 6.54 Å². The number of urea groups is 1. The van der Waals surface area contributed by atoms with Crippen molar-refractivity contribution in [3.63, 3.8) is 0 Å². The molecule has 3 heterocycles. The lowest BCUT2D eigenvalue weighted by Crippen LogP contribution is -2.51. The normalized spacial score (nSPS) is 15.6. The van der Waals surface area contributed by atoms with Crippen LogP contribution in [-0.2, 0) is 13.1 Å². The van der Waals surface area contributed by atoms with Crippen molar-refractivity contribution < 1.29 is 4.79 Å². The standard InChI is InChI=1S/C16H19BrN4OS/c17-15-4-3-14(23-15)12-20-6-8-21(9-7-20)16(22)19-11-13-2-1-5-18-10-13/h1-5,10H,6-9,11-12H2,(H,19,22). The molecule has 1 N–H and O–H groups in total. The Hall–Kier alpha value is -1.44. The molecule has 0 atom stereocenters. The third-order valence-corrected chi connectivity index (χ3v) is 5.44. The third-order valence-electron chi connectivity index (χ3n) is 3.83. The zero-order valence-corrected chi connectivity index (χ0v) is 15.1. The number of hydrogen-bond donors (Lipinski definition) is 1. The Labute approximate surface area is 148 Å². The Bertz CT molecular complexity index is 641. The van der Waals surface area contributed by atoms with Crippen molar-refractivity contribution >= 4 is 33.3 Å². The number of nitrogens with zero attached hydrogens (tertiary/aromatic N) is 3.